The van der Waals surface area contributed by atoms with E-state index in [4.69, 9.17) is 4.74 Å². The zero-order valence-electron chi connectivity index (χ0n) is 15.5. The number of ether oxygens (including phenoxy) is 1. The summed E-state index contributed by atoms with van der Waals surface area (Å²) in [5, 5.41) is 6.20. The monoisotopic (exact) mass is 503 g/mol. The van der Waals surface area contributed by atoms with Gasteiger partial charge in [0.1, 0.15) is 5.75 Å². The van der Waals surface area contributed by atoms with Gasteiger partial charge in [-0.25, -0.2) is 13.4 Å². The van der Waals surface area contributed by atoms with Crippen LogP contribution in [0.1, 0.15) is 12.5 Å². The molecular weight excluding hydrogens is 477 g/mol. The number of hydrogen-bond donors (Lipinski definition) is 2. The number of methoxy groups -OCH3 is 1. The number of nitrogens with zero attached hydrogens (tertiary/aromatic N) is 1. The molecule has 27 heavy (non-hydrogen) atoms. The van der Waals surface area contributed by atoms with Crippen LogP contribution in [0.3, 0.4) is 0 Å². The first-order valence-electron chi connectivity index (χ1n) is 8.48. The van der Waals surface area contributed by atoms with Crippen molar-refractivity contribution in [3.8, 4) is 5.75 Å². The van der Waals surface area contributed by atoms with Gasteiger partial charge in [0.25, 0.3) is 0 Å². The molecule has 0 radical (unpaired) electrons. The third-order valence-electron chi connectivity index (χ3n) is 3.69. The average Bonchev–Trinajstić information content (AvgIpc) is 2.67. The molecule has 2 N–H and O–H groups in total. The summed E-state index contributed by atoms with van der Waals surface area (Å²) in [6, 6.07) is 16.1. The summed E-state index contributed by atoms with van der Waals surface area (Å²) in [5.74, 6) is 1.39. The second-order valence-electron chi connectivity index (χ2n) is 5.60. The van der Waals surface area contributed by atoms with E-state index in [1.54, 1.807) is 37.4 Å². The molecule has 0 unspecified atom stereocenters. The lowest BCUT2D eigenvalue weighted by molar-refractivity contribution is 0.414. The summed E-state index contributed by atoms with van der Waals surface area (Å²) in [5.41, 5.74) is 1.04. The molecule has 0 atom stereocenters. The second kappa shape index (κ2) is 11.8. The van der Waals surface area contributed by atoms with Gasteiger partial charge in [-0.05, 0) is 36.8 Å². The number of halogens is 1. The second-order valence-corrected chi connectivity index (χ2v) is 7.71. The minimum absolute atomic E-state index is 0. The predicted octanol–water partition coefficient (Wildman–Crippen LogP) is 2.84. The summed E-state index contributed by atoms with van der Waals surface area (Å²) < 4.78 is 29.7. The van der Waals surface area contributed by atoms with Crippen molar-refractivity contribution in [2.24, 2.45) is 4.99 Å². The molecule has 0 saturated heterocycles. The standard InChI is InChI=1S/C19H25N3O3S.HI/c1-3-20-19(22-15-16-9-11-17(25-2)12-10-16)21-13-14-26(23,24)18-7-5-4-6-8-18;/h4-12H,3,13-15H2,1-2H3,(H2,20,21,22);1H. The predicted molar refractivity (Wildman–Crippen MR) is 120 cm³/mol. The molecule has 0 aliphatic carbocycles. The van der Waals surface area contributed by atoms with Gasteiger partial charge in [0.2, 0.25) is 0 Å². The van der Waals surface area contributed by atoms with Crippen LogP contribution in [0, 0.1) is 0 Å². The van der Waals surface area contributed by atoms with Crippen molar-refractivity contribution in [2.75, 3.05) is 26.0 Å². The van der Waals surface area contributed by atoms with Gasteiger partial charge in [-0.2, -0.15) is 0 Å². The molecule has 6 nitrogen and oxygen atoms in total. The van der Waals surface area contributed by atoms with Crippen molar-refractivity contribution < 1.29 is 13.2 Å². The Balaban J connectivity index is 0.00000364. The number of rotatable bonds is 8. The number of aliphatic imine (C=N–C) groups is 1. The maximum Gasteiger partial charge on any atom is 0.191 e. The molecule has 0 spiro atoms. The molecule has 0 saturated carbocycles. The molecule has 2 aromatic rings. The Bertz CT molecular complexity index is 810. The summed E-state index contributed by atoms with van der Waals surface area (Å²) in [7, 11) is -1.68. The van der Waals surface area contributed by atoms with Gasteiger partial charge >= 0.3 is 0 Å². The van der Waals surface area contributed by atoms with Gasteiger partial charge in [0.05, 0.1) is 24.3 Å². The number of guanidine groups is 1. The van der Waals surface area contributed by atoms with Crippen molar-refractivity contribution in [1.82, 2.24) is 10.6 Å². The number of nitrogens with one attached hydrogen (secondary N) is 2. The van der Waals surface area contributed by atoms with Crippen molar-refractivity contribution in [1.29, 1.82) is 0 Å². The van der Waals surface area contributed by atoms with Crippen LogP contribution in [-0.2, 0) is 16.4 Å². The number of benzene rings is 2. The number of hydrogen-bond acceptors (Lipinski definition) is 4. The van der Waals surface area contributed by atoms with Crippen molar-refractivity contribution in [2.45, 2.75) is 18.4 Å². The Morgan fingerprint density at radius 3 is 2.30 bits per heavy atom. The minimum atomic E-state index is -3.30. The molecule has 0 aromatic heterocycles. The van der Waals surface area contributed by atoms with Crippen molar-refractivity contribution in [3.63, 3.8) is 0 Å². The van der Waals surface area contributed by atoms with Crippen LogP contribution < -0.4 is 15.4 Å². The van der Waals surface area contributed by atoms with E-state index in [2.05, 4.69) is 15.6 Å². The molecule has 148 valence electrons. The fraction of sp³-hybridized carbons (Fsp3) is 0.316. The summed E-state index contributed by atoms with van der Waals surface area (Å²) in [4.78, 5) is 4.83. The summed E-state index contributed by atoms with van der Waals surface area (Å²) in [6.07, 6.45) is 0. The van der Waals surface area contributed by atoms with E-state index >= 15 is 0 Å². The molecule has 0 aliphatic heterocycles. The summed E-state index contributed by atoms with van der Waals surface area (Å²) in [6.45, 7) is 3.43. The molecule has 0 bridgehead atoms. The van der Waals surface area contributed by atoms with E-state index in [1.165, 1.54) is 0 Å². The Labute approximate surface area is 178 Å². The average molecular weight is 503 g/mol. The van der Waals surface area contributed by atoms with Gasteiger partial charge in [0, 0.05) is 13.1 Å². The van der Waals surface area contributed by atoms with Crippen LogP contribution in [0.2, 0.25) is 0 Å². The van der Waals surface area contributed by atoms with E-state index in [0.717, 1.165) is 11.3 Å². The van der Waals surface area contributed by atoms with Crippen molar-refractivity contribution >= 4 is 39.8 Å². The Kier molecular flexibility index (Phi) is 10.2. The maximum atomic E-state index is 12.3. The molecule has 0 heterocycles. The molecule has 2 aromatic carbocycles. The highest BCUT2D eigenvalue weighted by atomic mass is 127. The quantitative estimate of drug-likeness (QED) is 0.329. The van der Waals surface area contributed by atoms with E-state index in [0.29, 0.717) is 23.9 Å². The van der Waals surface area contributed by atoms with E-state index in [9.17, 15) is 8.42 Å². The maximum absolute atomic E-state index is 12.3. The first kappa shape index (κ1) is 23.2. The molecule has 0 aliphatic rings. The lowest BCUT2D eigenvalue weighted by Gasteiger charge is -2.12. The molecular formula is C19H26IN3O3S. The summed E-state index contributed by atoms with van der Waals surface area (Å²) >= 11 is 0. The first-order chi connectivity index (χ1) is 12.5. The van der Waals surface area contributed by atoms with Crippen LogP contribution >= 0.6 is 24.0 Å². The van der Waals surface area contributed by atoms with Gasteiger partial charge in [-0.3, -0.25) is 0 Å². The molecule has 0 fully saturated rings. The van der Waals surface area contributed by atoms with Crippen molar-refractivity contribution in [3.05, 3.63) is 60.2 Å². The highest BCUT2D eigenvalue weighted by molar-refractivity contribution is 14.0. The number of sulfone groups is 1. The third-order valence-corrected chi connectivity index (χ3v) is 5.42. The third kappa shape index (κ3) is 7.76. The van der Waals surface area contributed by atoms with E-state index in [1.807, 2.05) is 31.2 Å². The highest BCUT2D eigenvalue weighted by Gasteiger charge is 2.13. The first-order valence-corrected chi connectivity index (χ1v) is 10.1. The van der Waals surface area contributed by atoms with Gasteiger partial charge in [0.15, 0.2) is 15.8 Å². The van der Waals surface area contributed by atoms with Crippen LogP contribution in [-0.4, -0.2) is 40.3 Å². The van der Waals surface area contributed by atoms with Gasteiger partial charge in [-0.1, -0.05) is 30.3 Å². The van der Waals surface area contributed by atoms with E-state index in [-0.39, 0.29) is 36.3 Å². The fourth-order valence-corrected chi connectivity index (χ4v) is 3.47. The fourth-order valence-electron chi connectivity index (χ4n) is 2.29. The SMILES string of the molecule is CCNC(=NCc1ccc(OC)cc1)NCCS(=O)(=O)c1ccccc1.I. The zero-order valence-corrected chi connectivity index (χ0v) is 18.7. The van der Waals surface area contributed by atoms with Crippen LogP contribution in [0.5, 0.6) is 5.75 Å². The Morgan fingerprint density at radius 1 is 1.04 bits per heavy atom. The van der Waals surface area contributed by atoms with Gasteiger partial charge < -0.3 is 15.4 Å². The highest BCUT2D eigenvalue weighted by Crippen LogP contribution is 2.12. The van der Waals surface area contributed by atoms with Crippen LogP contribution in [0.25, 0.3) is 0 Å². The topological polar surface area (TPSA) is 79.8 Å². The van der Waals surface area contributed by atoms with E-state index < -0.39 is 9.84 Å². The minimum Gasteiger partial charge on any atom is -0.497 e. The van der Waals surface area contributed by atoms with Gasteiger partial charge in [-0.15, -0.1) is 24.0 Å². The van der Waals surface area contributed by atoms with Crippen LogP contribution in [0.15, 0.2) is 64.5 Å². The normalized spacial score (nSPS) is 11.4. The molecule has 2 rings (SSSR count). The Morgan fingerprint density at radius 2 is 1.70 bits per heavy atom. The lowest BCUT2D eigenvalue weighted by Crippen LogP contribution is -2.39. The zero-order chi connectivity index (χ0) is 18.8. The molecule has 8 heteroatoms. The largest absolute Gasteiger partial charge is 0.497 e. The smallest absolute Gasteiger partial charge is 0.191 e. The lowest BCUT2D eigenvalue weighted by atomic mass is 10.2. The Hall–Kier alpha value is -1.81. The van der Waals surface area contributed by atoms with Crippen LogP contribution in [0.4, 0.5) is 0 Å². The molecule has 0 amide bonds.